The zero-order chi connectivity index (χ0) is 14.0. The van der Waals surface area contributed by atoms with Crippen molar-refractivity contribution in [1.82, 2.24) is 9.55 Å². The Labute approximate surface area is 121 Å². The fraction of sp³-hybridized carbons (Fsp3) is 0.250. The smallest absolute Gasteiger partial charge is 0.292 e. The number of nitrogens with zero attached hydrogens (tertiary/aromatic N) is 1. The van der Waals surface area contributed by atoms with E-state index in [0.29, 0.717) is 4.88 Å². The van der Waals surface area contributed by atoms with Crippen LogP contribution >= 0.6 is 27.3 Å². The van der Waals surface area contributed by atoms with Crippen LogP contribution in [0, 0.1) is 0 Å². The summed E-state index contributed by atoms with van der Waals surface area (Å²) in [6, 6.07) is 3.67. The van der Waals surface area contributed by atoms with Gasteiger partial charge in [-0.3, -0.25) is 19.1 Å². The Morgan fingerprint density at radius 2 is 2.16 bits per heavy atom. The average Bonchev–Trinajstić information content (AvgIpc) is 2.84. The second-order valence-electron chi connectivity index (χ2n) is 3.91. The third-order valence-electron chi connectivity index (χ3n) is 2.57. The van der Waals surface area contributed by atoms with Gasteiger partial charge in [0, 0.05) is 11.1 Å². The van der Waals surface area contributed by atoms with Gasteiger partial charge in [-0.1, -0.05) is 6.92 Å². The number of aryl methyl sites for hydroxylation is 1. The molecule has 19 heavy (non-hydrogen) atoms. The molecule has 100 valence electrons. The number of halogens is 1. The maximum atomic E-state index is 12.0. The summed E-state index contributed by atoms with van der Waals surface area (Å²) >= 11 is 4.45. The first-order valence-corrected chi connectivity index (χ1v) is 7.23. The third-order valence-corrected chi connectivity index (χ3v) is 4.40. The van der Waals surface area contributed by atoms with Crippen molar-refractivity contribution in [2.75, 3.05) is 0 Å². The minimum atomic E-state index is -0.589. The van der Waals surface area contributed by atoms with Gasteiger partial charge in [0.1, 0.15) is 0 Å². The molecule has 0 aromatic carbocycles. The van der Waals surface area contributed by atoms with Gasteiger partial charge >= 0.3 is 5.69 Å². The molecular weight excluding hydrogens is 332 g/mol. The van der Waals surface area contributed by atoms with E-state index >= 15 is 0 Å². The summed E-state index contributed by atoms with van der Waals surface area (Å²) in [7, 11) is 0. The number of rotatable bonds is 4. The van der Waals surface area contributed by atoms with Crippen LogP contribution in [-0.2, 0) is 13.0 Å². The van der Waals surface area contributed by atoms with Crippen molar-refractivity contribution in [3.05, 3.63) is 53.4 Å². The van der Waals surface area contributed by atoms with Crippen molar-refractivity contribution < 1.29 is 4.79 Å². The van der Waals surface area contributed by atoms with E-state index in [2.05, 4.69) is 20.9 Å². The summed E-state index contributed by atoms with van der Waals surface area (Å²) < 4.78 is 1.40. The highest BCUT2D eigenvalue weighted by Crippen LogP contribution is 2.17. The predicted octanol–water partition coefficient (Wildman–Crippen LogP) is 1.81. The Morgan fingerprint density at radius 1 is 1.42 bits per heavy atom. The molecule has 1 N–H and O–H groups in total. The van der Waals surface area contributed by atoms with Crippen LogP contribution < -0.4 is 11.2 Å². The zero-order valence-electron chi connectivity index (χ0n) is 10.1. The number of Topliss-reactive ketones (excluding diaryl/α,β-unsaturated/α-hetero) is 1. The molecule has 0 aliphatic rings. The number of hydrogen-bond donors (Lipinski definition) is 1. The van der Waals surface area contributed by atoms with Gasteiger partial charge in [0.05, 0.1) is 15.9 Å². The lowest BCUT2D eigenvalue weighted by atomic mass is 10.3. The number of hydrogen-bond acceptors (Lipinski definition) is 4. The summed E-state index contributed by atoms with van der Waals surface area (Å²) in [6.07, 6.45) is 2.20. The van der Waals surface area contributed by atoms with Crippen molar-refractivity contribution in [2.24, 2.45) is 0 Å². The largest absolute Gasteiger partial charge is 0.328 e. The Bertz CT molecular complexity index is 729. The van der Waals surface area contributed by atoms with Crippen molar-refractivity contribution in [3.8, 4) is 0 Å². The lowest BCUT2D eigenvalue weighted by molar-refractivity contribution is 0.0974. The maximum absolute atomic E-state index is 12.0. The van der Waals surface area contributed by atoms with Gasteiger partial charge in [0.25, 0.3) is 5.56 Å². The van der Waals surface area contributed by atoms with E-state index in [-0.39, 0.29) is 16.8 Å². The van der Waals surface area contributed by atoms with Gasteiger partial charge in [-0.25, -0.2) is 4.79 Å². The van der Waals surface area contributed by atoms with Crippen LogP contribution in [0.4, 0.5) is 0 Å². The van der Waals surface area contributed by atoms with Crippen LogP contribution in [0.25, 0.3) is 0 Å². The molecule has 2 aromatic rings. The molecule has 0 atom stereocenters. The number of aromatic amines is 1. The monoisotopic (exact) mass is 342 g/mol. The van der Waals surface area contributed by atoms with Crippen molar-refractivity contribution >= 4 is 33.0 Å². The minimum absolute atomic E-state index is 0.0854. The molecule has 0 saturated carbocycles. The van der Waals surface area contributed by atoms with Gasteiger partial charge in [-0.15, -0.1) is 11.3 Å². The zero-order valence-corrected chi connectivity index (χ0v) is 12.5. The number of thiophene rings is 1. The molecule has 0 bridgehead atoms. The van der Waals surface area contributed by atoms with Crippen molar-refractivity contribution in [3.63, 3.8) is 0 Å². The first kappa shape index (κ1) is 14.0. The SMILES string of the molecule is CCc1ccc(C(=O)Cn2cc(Br)c(=O)[nH]c2=O)s1. The van der Waals surface area contributed by atoms with Gasteiger partial charge in [0.2, 0.25) is 0 Å². The maximum Gasteiger partial charge on any atom is 0.328 e. The number of carbonyl (C=O) groups excluding carboxylic acids is 1. The van der Waals surface area contributed by atoms with Crippen LogP contribution in [0.1, 0.15) is 21.5 Å². The Morgan fingerprint density at radius 3 is 2.79 bits per heavy atom. The molecule has 0 fully saturated rings. The van der Waals surface area contributed by atoms with E-state index in [0.717, 1.165) is 11.3 Å². The molecule has 7 heteroatoms. The third kappa shape index (κ3) is 3.10. The van der Waals surface area contributed by atoms with Crippen LogP contribution in [0.3, 0.4) is 0 Å². The van der Waals surface area contributed by atoms with E-state index in [1.807, 2.05) is 13.0 Å². The minimum Gasteiger partial charge on any atom is -0.292 e. The first-order valence-electron chi connectivity index (χ1n) is 5.62. The second kappa shape index (κ2) is 5.66. The van der Waals surface area contributed by atoms with Gasteiger partial charge in [-0.2, -0.15) is 0 Å². The molecule has 0 unspecified atom stereocenters. The molecule has 2 rings (SSSR count). The molecule has 0 aliphatic carbocycles. The van der Waals surface area contributed by atoms with Gasteiger partial charge < -0.3 is 0 Å². The van der Waals surface area contributed by atoms with Gasteiger partial charge in [-0.05, 0) is 34.5 Å². The molecule has 5 nitrogen and oxygen atoms in total. The molecule has 0 radical (unpaired) electrons. The van der Waals surface area contributed by atoms with Crippen LogP contribution in [-0.4, -0.2) is 15.3 Å². The number of ketones is 1. The molecule has 2 aromatic heterocycles. The molecular formula is C12H11BrN2O3S. The fourth-order valence-electron chi connectivity index (χ4n) is 1.55. The van der Waals surface area contributed by atoms with E-state index < -0.39 is 11.2 Å². The summed E-state index contributed by atoms with van der Waals surface area (Å²) in [5.74, 6) is -0.147. The molecule has 0 amide bonds. The average molecular weight is 343 g/mol. The number of aromatic nitrogens is 2. The summed E-state index contributed by atoms with van der Waals surface area (Å²) in [6.45, 7) is 1.93. The molecule has 0 saturated heterocycles. The van der Waals surface area contributed by atoms with Crippen molar-refractivity contribution in [2.45, 2.75) is 19.9 Å². The first-order chi connectivity index (χ1) is 9.01. The molecule has 0 aliphatic heterocycles. The van der Waals surface area contributed by atoms with E-state index in [1.165, 1.54) is 22.1 Å². The van der Waals surface area contributed by atoms with Crippen LogP contribution in [0.5, 0.6) is 0 Å². The topological polar surface area (TPSA) is 71.9 Å². The quantitative estimate of drug-likeness (QED) is 0.861. The Kier molecular flexibility index (Phi) is 4.16. The van der Waals surface area contributed by atoms with Crippen LogP contribution in [0.15, 0.2) is 32.4 Å². The summed E-state index contributed by atoms with van der Waals surface area (Å²) in [4.78, 5) is 38.7. The van der Waals surface area contributed by atoms with Gasteiger partial charge in [0.15, 0.2) is 5.78 Å². The number of carbonyl (C=O) groups is 1. The summed E-state index contributed by atoms with van der Waals surface area (Å²) in [5, 5.41) is 0. The van der Waals surface area contributed by atoms with E-state index in [4.69, 9.17) is 0 Å². The Hall–Kier alpha value is -1.47. The molecule has 2 heterocycles. The number of nitrogens with one attached hydrogen (secondary N) is 1. The lowest BCUT2D eigenvalue weighted by Crippen LogP contribution is -2.31. The highest BCUT2D eigenvalue weighted by atomic mass is 79.9. The predicted molar refractivity (Wildman–Crippen MR) is 77.1 cm³/mol. The van der Waals surface area contributed by atoms with Crippen LogP contribution in [0.2, 0.25) is 0 Å². The fourth-order valence-corrected chi connectivity index (χ4v) is 2.77. The number of H-pyrrole nitrogens is 1. The second-order valence-corrected chi connectivity index (χ2v) is 5.93. The standard InChI is InChI=1S/C12H11BrN2O3S/c1-2-7-3-4-10(19-7)9(16)6-15-5-8(13)11(17)14-12(15)18/h3-5H,2,6H2,1H3,(H,14,17,18). The van der Waals surface area contributed by atoms with E-state index in [9.17, 15) is 14.4 Å². The highest BCUT2D eigenvalue weighted by molar-refractivity contribution is 9.10. The normalized spacial score (nSPS) is 10.6. The highest BCUT2D eigenvalue weighted by Gasteiger charge is 2.11. The lowest BCUT2D eigenvalue weighted by Gasteiger charge is -2.03. The molecule has 0 spiro atoms. The summed E-state index contributed by atoms with van der Waals surface area (Å²) in [5.41, 5.74) is -1.09. The van der Waals surface area contributed by atoms with E-state index in [1.54, 1.807) is 6.07 Å². The van der Waals surface area contributed by atoms with Crippen molar-refractivity contribution in [1.29, 1.82) is 0 Å². The Balaban J connectivity index is 2.26.